The molecular weight excluding hydrogens is 624 g/mol. The van der Waals surface area contributed by atoms with Gasteiger partial charge in [0, 0.05) is 28.1 Å². The molecular formula is C30H41BrN4O6S. The van der Waals surface area contributed by atoms with Gasteiger partial charge >= 0.3 is 5.97 Å². The van der Waals surface area contributed by atoms with Crippen LogP contribution >= 0.6 is 27.7 Å². The Hall–Kier alpha value is -2.60. The molecule has 12 heteroatoms. The maximum Gasteiger partial charge on any atom is 0.329 e. The minimum absolute atomic E-state index is 0.00619. The van der Waals surface area contributed by atoms with Crippen LogP contribution in [0.1, 0.15) is 72.1 Å². The van der Waals surface area contributed by atoms with Gasteiger partial charge in [0.1, 0.15) is 23.7 Å². The second-order valence-corrected chi connectivity index (χ2v) is 14.4. The van der Waals surface area contributed by atoms with Crippen LogP contribution in [0, 0.1) is 11.8 Å². The number of rotatable bonds is 11. The standard InChI is InChI=1S/C30H41BrN4O6S/c1-17(2)24(33-27(38)25(32-18(3)36)19-7-5-4-6-8-19)28(39)35-16-22(42-21-11-9-20(31)10-12-21)15-23(35)26(37)34-30(13-14-30)29(40)41/h9-12,17,19,22-25H,4-8,13-16H2,1-3H3,(H,32,36)(H,33,38)(H,34,37)(H,40,41)/t22-,23?,24+,25+/m1/s1. The molecule has 1 aromatic carbocycles. The van der Waals surface area contributed by atoms with E-state index in [2.05, 4.69) is 31.9 Å². The Bertz CT molecular complexity index is 1180. The first-order valence-electron chi connectivity index (χ1n) is 14.8. The summed E-state index contributed by atoms with van der Waals surface area (Å²) in [6, 6.07) is 5.25. The molecule has 4 amide bonds. The highest BCUT2D eigenvalue weighted by atomic mass is 79.9. The summed E-state index contributed by atoms with van der Waals surface area (Å²) in [5, 5.41) is 18.0. The Balaban J connectivity index is 1.54. The summed E-state index contributed by atoms with van der Waals surface area (Å²) in [5.74, 6) is -2.95. The molecule has 4 N–H and O–H groups in total. The molecule has 1 saturated heterocycles. The quantitative estimate of drug-likeness (QED) is 0.283. The van der Waals surface area contributed by atoms with E-state index in [0.29, 0.717) is 19.3 Å². The van der Waals surface area contributed by atoms with E-state index < -0.39 is 41.4 Å². The van der Waals surface area contributed by atoms with Crippen LogP contribution in [-0.2, 0) is 24.0 Å². The van der Waals surface area contributed by atoms with Gasteiger partial charge in [0.2, 0.25) is 23.6 Å². The van der Waals surface area contributed by atoms with Crippen molar-refractivity contribution < 1.29 is 29.1 Å². The zero-order valence-corrected chi connectivity index (χ0v) is 26.8. The molecule has 1 heterocycles. The van der Waals surface area contributed by atoms with E-state index in [1.165, 1.54) is 11.8 Å². The van der Waals surface area contributed by atoms with E-state index in [1.54, 1.807) is 11.8 Å². The Labute approximate surface area is 259 Å². The second-order valence-electron chi connectivity index (χ2n) is 12.1. The van der Waals surface area contributed by atoms with Crippen molar-refractivity contribution in [2.75, 3.05) is 6.54 Å². The van der Waals surface area contributed by atoms with Crippen LogP contribution in [0.25, 0.3) is 0 Å². The Morgan fingerprint density at radius 3 is 2.21 bits per heavy atom. The summed E-state index contributed by atoms with van der Waals surface area (Å²) < 4.78 is 0.942. The largest absolute Gasteiger partial charge is 0.480 e. The summed E-state index contributed by atoms with van der Waals surface area (Å²) in [4.78, 5) is 67.5. The fourth-order valence-corrected chi connectivity index (χ4v) is 7.39. The van der Waals surface area contributed by atoms with E-state index in [0.717, 1.165) is 41.5 Å². The van der Waals surface area contributed by atoms with Gasteiger partial charge in [-0.2, -0.15) is 0 Å². The Morgan fingerprint density at radius 2 is 1.67 bits per heavy atom. The van der Waals surface area contributed by atoms with Crippen LogP contribution in [0.2, 0.25) is 0 Å². The number of nitrogens with zero attached hydrogens (tertiary/aromatic N) is 1. The Morgan fingerprint density at radius 1 is 1.02 bits per heavy atom. The molecule has 0 aromatic heterocycles. The third-order valence-corrected chi connectivity index (χ3v) is 10.2. The number of thioether (sulfide) groups is 1. The van der Waals surface area contributed by atoms with Crippen LogP contribution in [0.5, 0.6) is 0 Å². The Kier molecular flexibility index (Phi) is 10.6. The predicted octanol–water partition coefficient (Wildman–Crippen LogP) is 3.47. The van der Waals surface area contributed by atoms with E-state index >= 15 is 0 Å². The molecule has 230 valence electrons. The second kappa shape index (κ2) is 13.8. The number of amides is 4. The van der Waals surface area contributed by atoms with Crippen molar-refractivity contribution in [2.45, 2.75) is 106 Å². The first-order chi connectivity index (χ1) is 19.9. The molecule has 2 aliphatic carbocycles. The van der Waals surface area contributed by atoms with E-state index in [1.807, 2.05) is 38.1 Å². The molecule has 2 saturated carbocycles. The van der Waals surface area contributed by atoms with Gasteiger partial charge in [0.05, 0.1) is 0 Å². The number of carboxylic acid groups (broad SMARTS) is 1. The van der Waals surface area contributed by atoms with Gasteiger partial charge in [-0.15, -0.1) is 11.8 Å². The lowest BCUT2D eigenvalue weighted by molar-refractivity contribution is -0.146. The molecule has 1 unspecified atom stereocenters. The first kappa shape index (κ1) is 32.3. The number of hydrogen-bond acceptors (Lipinski definition) is 6. The highest BCUT2D eigenvalue weighted by Crippen LogP contribution is 2.38. The number of carbonyl (C=O) groups excluding carboxylic acids is 4. The molecule has 0 radical (unpaired) electrons. The van der Waals surface area contributed by atoms with Gasteiger partial charge in [-0.05, 0) is 68.2 Å². The topological polar surface area (TPSA) is 145 Å². The van der Waals surface area contributed by atoms with Crippen LogP contribution < -0.4 is 16.0 Å². The van der Waals surface area contributed by atoms with Crippen molar-refractivity contribution in [3.05, 3.63) is 28.7 Å². The third kappa shape index (κ3) is 7.86. The molecule has 0 spiro atoms. The zero-order chi connectivity index (χ0) is 30.6. The number of benzene rings is 1. The lowest BCUT2D eigenvalue weighted by Gasteiger charge is -2.34. The van der Waals surface area contributed by atoms with Gasteiger partial charge in [-0.25, -0.2) is 4.79 Å². The van der Waals surface area contributed by atoms with Gasteiger partial charge in [0.25, 0.3) is 0 Å². The van der Waals surface area contributed by atoms with Crippen molar-refractivity contribution in [3.8, 4) is 0 Å². The van der Waals surface area contributed by atoms with Gasteiger partial charge in [-0.1, -0.05) is 49.0 Å². The van der Waals surface area contributed by atoms with Crippen LogP contribution in [0.15, 0.2) is 33.6 Å². The van der Waals surface area contributed by atoms with Gasteiger partial charge in [0.15, 0.2) is 0 Å². The lowest BCUT2D eigenvalue weighted by atomic mass is 9.83. The number of aliphatic carboxylic acids is 1. The molecule has 3 fully saturated rings. The van der Waals surface area contributed by atoms with Crippen molar-refractivity contribution in [3.63, 3.8) is 0 Å². The predicted molar refractivity (Wildman–Crippen MR) is 163 cm³/mol. The highest BCUT2D eigenvalue weighted by Gasteiger charge is 2.54. The maximum atomic E-state index is 14.1. The monoisotopic (exact) mass is 664 g/mol. The van der Waals surface area contributed by atoms with Gasteiger partial charge < -0.3 is 26.0 Å². The fourth-order valence-electron chi connectivity index (χ4n) is 5.94. The van der Waals surface area contributed by atoms with E-state index in [4.69, 9.17) is 0 Å². The minimum atomic E-state index is -1.28. The first-order valence-corrected chi connectivity index (χ1v) is 16.4. The molecule has 0 bridgehead atoms. The summed E-state index contributed by atoms with van der Waals surface area (Å²) >= 11 is 5.00. The number of halogens is 1. The fraction of sp³-hybridized carbons (Fsp3) is 0.633. The molecule has 4 atom stereocenters. The maximum absolute atomic E-state index is 14.1. The van der Waals surface area contributed by atoms with E-state index in [9.17, 15) is 29.1 Å². The van der Waals surface area contributed by atoms with Crippen LogP contribution in [0.4, 0.5) is 0 Å². The average molecular weight is 666 g/mol. The number of nitrogens with one attached hydrogen (secondary N) is 3. The van der Waals surface area contributed by atoms with E-state index in [-0.39, 0.29) is 35.4 Å². The normalized spacial score (nSPS) is 23.1. The summed E-state index contributed by atoms with van der Waals surface area (Å²) in [6.07, 6.45) is 5.77. The number of hydrogen-bond donors (Lipinski definition) is 4. The lowest BCUT2D eigenvalue weighted by Crippen LogP contribution is -2.60. The summed E-state index contributed by atoms with van der Waals surface area (Å²) in [5.41, 5.74) is -1.28. The summed E-state index contributed by atoms with van der Waals surface area (Å²) in [7, 11) is 0. The van der Waals surface area contributed by atoms with Crippen molar-refractivity contribution in [2.24, 2.45) is 11.8 Å². The smallest absolute Gasteiger partial charge is 0.329 e. The highest BCUT2D eigenvalue weighted by molar-refractivity contribution is 9.10. The van der Waals surface area contributed by atoms with Crippen LogP contribution in [0.3, 0.4) is 0 Å². The number of likely N-dealkylation sites (tertiary alicyclic amines) is 1. The molecule has 3 aliphatic rings. The van der Waals surface area contributed by atoms with Crippen LogP contribution in [-0.4, -0.2) is 75.1 Å². The van der Waals surface area contributed by atoms with Crippen molar-refractivity contribution in [1.29, 1.82) is 0 Å². The minimum Gasteiger partial charge on any atom is -0.480 e. The molecule has 1 aromatic rings. The third-order valence-electron chi connectivity index (χ3n) is 8.48. The number of carbonyl (C=O) groups is 5. The molecule has 10 nitrogen and oxygen atoms in total. The van der Waals surface area contributed by atoms with Gasteiger partial charge in [-0.3, -0.25) is 19.2 Å². The molecule has 1 aliphatic heterocycles. The molecule has 4 rings (SSSR count). The SMILES string of the molecule is CC(=O)N[C@H](C(=O)N[C@H](C(=O)N1C[C@H](Sc2ccc(Br)cc2)CC1C(=O)NC1(C(=O)O)CC1)C(C)C)C1CCCCC1. The van der Waals surface area contributed by atoms with Crippen molar-refractivity contribution >= 4 is 57.3 Å². The van der Waals surface area contributed by atoms with Crippen molar-refractivity contribution in [1.82, 2.24) is 20.9 Å². The summed E-state index contributed by atoms with van der Waals surface area (Å²) in [6.45, 7) is 5.32. The number of carboxylic acids is 1. The average Bonchev–Trinajstić information content (AvgIpc) is 3.61. The zero-order valence-electron chi connectivity index (χ0n) is 24.4. The molecule has 42 heavy (non-hydrogen) atoms.